The number of benzene rings is 1. The summed E-state index contributed by atoms with van der Waals surface area (Å²) in [6.45, 7) is 2.15. The summed E-state index contributed by atoms with van der Waals surface area (Å²) < 4.78 is 0. The molecule has 1 aliphatic rings. The summed E-state index contributed by atoms with van der Waals surface area (Å²) in [5, 5.41) is 14.3. The number of hydrogen-bond donors (Lipinski definition) is 3. The van der Waals surface area contributed by atoms with Crippen molar-refractivity contribution in [3.8, 4) is 0 Å². The number of carboxylic acids is 1. The van der Waals surface area contributed by atoms with Gasteiger partial charge in [0.15, 0.2) is 0 Å². The van der Waals surface area contributed by atoms with Crippen LogP contribution in [0, 0.1) is 5.92 Å². The molecule has 1 aliphatic carbocycles. The predicted molar refractivity (Wildman–Crippen MR) is 82.1 cm³/mol. The molecule has 1 fully saturated rings. The molecule has 2 unspecified atom stereocenters. The van der Waals surface area contributed by atoms with Crippen LogP contribution in [0.3, 0.4) is 0 Å². The van der Waals surface area contributed by atoms with E-state index in [4.69, 9.17) is 5.11 Å². The van der Waals surface area contributed by atoms with Crippen LogP contribution in [0.2, 0.25) is 0 Å². The van der Waals surface area contributed by atoms with E-state index in [1.54, 1.807) is 24.3 Å². The molecule has 2 amide bonds. The number of carboxylic acid groups (broad SMARTS) is 1. The van der Waals surface area contributed by atoms with Gasteiger partial charge in [0, 0.05) is 17.8 Å². The number of hydrogen-bond acceptors (Lipinski definition) is 2. The first-order chi connectivity index (χ1) is 10.1. The van der Waals surface area contributed by atoms with Crippen molar-refractivity contribution in [1.82, 2.24) is 5.32 Å². The van der Waals surface area contributed by atoms with Crippen LogP contribution >= 0.6 is 0 Å². The average molecular weight is 288 g/mol. The van der Waals surface area contributed by atoms with Crippen LogP contribution in [0.15, 0.2) is 30.3 Å². The van der Waals surface area contributed by atoms with Crippen LogP contribution in [-0.2, 0) is 4.79 Å². The van der Waals surface area contributed by atoms with Crippen LogP contribution in [-0.4, -0.2) is 23.1 Å². The lowest BCUT2D eigenvalue weighted by Crippen LogP contribution is -2.31. The molecule has 2 rings (SSSR count). The molecule has 112 valence electrons. The molecule has 0 spiro atoms. The molecule has 1 saturated carbocycles. The van der Waals surface area contributed by atoms with Gasteiger partial charge in [0.25, 0.3) is 0 Å². The number of carbonyl (C=O) groups is 2. The zero-order valence-corrected chi connectivity index (χ0v) is 12.0. The monoisotopic (exact) mass is 288 g/mol. The molecule has 1 aromatic carbocycles. The minimum absolute atomic E-state index is 0.188. The van der Waals surface area contributed by atoms with E-state index in [2.05, 4.69) is 17.6 Å². The van der Waals surface area contributed by atoms with Gasteiger partial charge in [-0.1, -0.05) is 25.5 Å². The van der Waals surface area contributed by atoms with Crippen molar-refractivity contribution in [2.75, 3.05) is 5.32 Å². The molecule has 0 heterocycles. The molecule has 2 atom stereocenters. The van der Waals surface area contributed by atoms with Crippen LogP contribution < -0.4 is 10.6 Å². The highest BCUT2D eigenvalue weighted by molar-refractivity contribution is 5.90. The van der Waals surface area contributed by atoms with E-state index in [0.717, 1.165) is 30.9 Å². The molecule has 3 N–H and O–H groups in total. The van der Waals surface area contributed by atoms with Gasteiger partial charge in [0.05, 0.1) is 0 Å². The Labute approximate surface area is 124 Å². The van der Waals surface area contributed by atoms with Crippen molar-refractivity contribution in [3.63, 3.8) is 0 Å². The Balaban J connectivity index is 1.80. The summed E-state index contributed by atoms with van der Waals surface area (Å²) in [5.74, 6) is -0.355. The fourth-order valence-corrected chi connectivity index (χ4v) is 2.29. The fraction of sp³-hybridized carbons (Fsp3) is 0.375. The second-order valence-electron chi connectivity index (χ2n) is 5.28. The number of aliphatic carboxylic acids is 1. The van der Waals surface area contributed by atoms with E-state index in [0.29, 0.717) is 17.6 Å². The van der Waals surface area contributed by atoms with Gasteiger partial charge in [-0.2, -0.15) is 0 Å². The van der Waals surface area contributed by atoms with Gasteiger partial charge in [-0.25, -0.2) is 9.59 Å². The number of anilines is 1. The Bertz CT molecular complexity index is 537. The Morgan fingerprint density at radius 3 is 2.67 bits per heavy atom. The minimum Gasteiger partial charge on any atom is -0.478 e. The summed E-state index contributed by atoms with van der Waals surface area (Å²) in [5.41, 5.74) is 1.46. The number of rotatable bonds is 6. The largest absolute Gasteiger partial charge is 0.478 e. The number of amides is 2. The van der Waals surface area contributed by atoms with Crippen LogP contribution in [0.1, 0.15) is 31.7 Å². The number of carbonyl (C=O) groups excluding carboxylic acids is 1. The lowest BCUT2D eigenvalue weighted by Gasteiger charge is -2.07. The van der Waals surface area contributed by atoms with Crippen molar-refractivity contribution in [2.45, 2.75) is 32.2 Å². The maximum absolute atomic E-state index is 11.8. The lowest BCUT2D eigenvalue weighted by molar-refractivity contribution is -0.131. The second-order valence-corrected chi connectivity index (χ2v) is 5.28. The predicted octanol–water partition coefficient (Wildman–Crippen LogP) is 3.09. The zero-order chi connectivity index (χ0) is 15.2. The highest BCUT2D eigenvalue weighted by Crippen LogP contribution is 2.34. The first kappa shape index (κ1) is 15.1. The molecular formula is C16H20N2O3. The highest BCUT2D eigenvalue weighted by atomic mass is 16.4. The molecule has 0 saturated heterocycles. The van der Waals surface area contributed by atoms with Gasteiger partial charge in [-0.15, -0.1) is 0 Å². The van der Waals surface area contributed by atoms with Crippen molar-refractivity contribution >= 4 is 23.8 Å². The molecule has 0 aliphatic heterocycles. The van der Waals surface area contributed by atoms with Gasteiger partial charge in [-0.05, 0) is 42.5 Å². The smallest absolute Gasteiger partial charge is 0.328 e. The van der Waals surface area contributed by atoms with Crippen molar-refractivity contribution < 1.29 is 14.7 Å². The third kappa shape index (κ3) is 4.95. The van der Waals surface area contributed by atoms with E-state index in [1.807, 2.05) is 0 Å². The fourth-order valence-electron chi connectivity index (χ4n) is 2.29. The molecule has 5 nitrogen and oxygen atoms in total. The van der Waals surface area contributed by atoms with E-state index in [1.165, 1.54) is 6.08 Å². The quantitative estimate of drug-likeness (QED) is 0.704. The van der Waals surface area contributed by atoms with Crippen molar-refractivity contribution in [3.05, 3.63) is 35.9 Å². The van der Waals surface area contributed by atoms with Crippen molar-refractivity contribution in [2.24, 2.45) is 5.92 Å². The van der Waals surface area contributed by atoms with E-state index >= 15 is 0 Å². The second kappa shape index (κ2) is 6.92. The maximum atomic E-state index is 11.8. The van der Waals surface area contributed by atoms with Crippen LogP contribution in [0.4, 0.5) is 10.5 Å². The first-order valence-electron chi connectivity index (χ1n) is 7.17. The number of urea groups is 1. The van der Waals surface area contributed by atoms with Crippen molar-refractivity contribution in [1.29, 1.82) is 0 Å². The lowest BCUT2D eigenvalue weighted by atomic mass is 10.2. The summed E-state index contributed by atoms with van der Waals surface area (Å²) >= 11 is 0. The van der Waals surface area contributed by atoms with Gasteiger partial charge in [0.1, 0.15) is 0 Å². The SMILES string of the molecule is CCCC1CC1NC(=O)Nc1ccc(/C=C/C(=O)O)cc1. The standard InChI is InChI=1S/C16H20N2O3/c1-2-3-12-10-14(12)18-16(21)17-13-7-4-11(5-8-13)6-9-15(19)20/h4-9,12,14H,2-3,10H2,1H3,(H,19,20)(H2,17,18,21)/b9-6+. The Hall–Kier alpha value is -2.30. The Kier molecular flexibility index (Phi) is 4.98. The Morgan fingerprint density at radius 1 is 1.33 bits per heavy atom. The minimum atomic E-state index is -0.984. The Morgan fingerprint density at radius 2 is 2.05 bits per heavy atom. The van der Waals surface area contributed by atoms with Gasteiger partial charge in [-0.3, -0.25) is 0 Å². The molecule has 5 heteroatoms. The normalized spacial score (nSPS) is 20.2. The van der Waals surface area contributed by atoms with E-state index < -0.39 is 5.97 Å². The summed E-state index contributed by atoms with van der Waals surface area (Å²) in [7, 11) is 0. The summed E-state index contributed by atoms with van der Waals surface area (Å²) in [6, 6.07) is 7.13. The maximum Gasteiger partial charge on any atom is 0.328 e. The van der Waals surface area contributed by atoms with Gasteiger partial charge >= 0.3 is 12.0 Å². The molecule has 0 bridgehead atoms. The first-order valence-corrected chi connectivity index (χ1v) is 7.17. The highest BCUT2D eigenvalue weighted by Gasteiger charge is 2.37. The summed E-state index contributed by atoms with van der Waals surface area (Å²) in [6.07, 6.45) is 5.97. The molecule has 0 aromatic heterocycles. The van der Waals surface area contributed by atoms with Crippen LogP contribution in [0.5, 0.6) is 0 Å². The zero-order valence-electron chi connectivity index (χ0n) is 12.0. The van der Waals surface area contributed by atoms with Gasteiger partial charge < -0.3 is 15.7 Å². The molecule has 0 radical (unpaired) electrons. The third-order valence-corrected chi connectivity index (χ3v) is 3.49. The summed E-state index contributed by atoms with van der Waals surface area (Å²) in [4.78, 5) is 22.2. The number of nitrogens with one attached hydrogen (secondary N) is 2. The van der Waals surface area contributed by atoms with E-state index in [9.17, 15) is 9.59 Å². The molecular weight excluding hydrogens is 268 g/mol. The average Bonchev–Trinajstić information content (AvgIpc) is 3.16. The molecule has 1 aromatic rings. The molecule has 21 heavy (non-hydrogen) atoms. The third-order valence-electron chi connectivity index (χ3n) is 3.49. The van der Waals surface area contributed by atoms with Gasteiger partial charge in [0.2, 0.25) is 0 Å². The topological polar surface area (TPSA) is 78.4 Å². The van der Waals surface area contributed by atoms with Crippen LogP contribution in [0.25, 0.3) is 6.08 Å². The van der Waals surface area contributed by atoms with E-state index in [-0.39, 0.29) is 6.03 Å².